The van der Waals surface area contributed by atoms with E-state index in [1.54, 1.807) is 18.2 Å². The van der Waals surface area contributed by atoms with E-state index in [2.05, 4.69) is 5.32 Å². The average Bonchev–Trinajstić information content (AvgIpc) is 3.00. The monoisotopic (exact) mass is 366 g/mol. The lowest BCUT2D eigenvalue weighted by Crippen LogP contribution is -2.40. The molecule has 2 aliphatic heterocycles. The lowest BCUT2D eigenvalue weighted by atomic mass is 9.77. The maximum Gasteiger partial charge on any atom is 0.243 e. The van der Waals surface area contributed by atoms with Crippen LogP contribution in [0.25, 0.3) is 0 Å². The van der Waals surface area contributed by atoms with Gasteiger partial charge in [0.2, 0.25) is 10.0 Å². The van der Waals surface area contributed by atoms with Gasteiger partial charge in [0.25, 0.3) is 0 Å². The van der Waals surface area contributed by atoms with Crippen LogP contribution in [0, 0.1) is 0 Å². The van der Waals surface area contributed by atoms with Crippen molar-refractivity contribution in [2.24, 2.45) is 0 Å². The molecule has 4 rings (SSSR count). The van der Waals surface area contributed by atoms with Gasteiger partial charge in [0.05, 0.1) is 29.2 Å². The van der Waals surface area contributed by atoms with Crippen molar-refractivity contribution in [1.82, 2.24) is 4.31 Å². The Morgan fingerprint density at radius 3 is 2.64 bits per heavy atom. The zero-order valence-electron chi connectivity index (χ0n) is 14.4. The number of sulfonamides is 1. The van der Waals surface area contributed by atoms with E-state index in [0.29, 0.717) is 37.4 Å². The second-order valence-electron chi connectivity index (χ2n) is 7.56. The highest BCUT2D eigenvalue weighted by molar-refractivity contribution is 7.89. The third-order valence-electron chi connectivity index (χ3n) is 5.74. The van der Waals surface area contributed by atoms with E-state index in [9.17, 15) is 13.5 Å². The molecular weight excluding hydrogens is 340 g/mol. The number of ether oxygens (including phenoxy) is 1. The van der Waals surface area contributed by atoms with Gasteiger partial charge < -0.3 is 15.2 Å². The summed E-state index contributed by atoms with van der Waals surface area (Å²) in [5.74, 6) is 0. The predicted molar refractivity (Wildman–Crippen MR) is 95.0 cm³/mol. The van der Waals surface area contributed by atoms with Crippen molar-refractivity contribution in [3.8, 4) is 0 Å². The molecule has 1 saturated carbocycles. The molecular formula is C18H26N2O4S. The van der Waals surface area contributed by atoms with Gasteiger partial charge in [-0.3, -0.25) is 0 Å². The van der Waals surface area contributed by atoms with Crippen molar-refractivity contribution >= 4 is 15.7 Å². The molecule has 7 heteroatoms. The minimum Gasteiger partial charge on any atom is -0.393 e. The first-order chi connectivity index (χ1) is 12.0. The Morgan fingerprint density at radius 2 is 2.00 bits per heavy atom. The van der Waals surface area contributed by atoms with Crippen LogP contribution >= 0.6 is 0 Å². The molecule has 1 atom stereocenters. The maximum absolute atomic E-state index is 12.8. The molecule has 3 fully saturated rings. The summed E-state index contributed by atoms with van der Waals surface area (Å²) in [5, 5.41) is 13.0. The van der Waals surface area contributed by atoms with Crippen LogP contribution in [-0.4, -0.2) is 55.3 Å². The van der Waals surface area contributed by atoms with E-state index >= 15 is 0 Å². The summed E-state index contributed by atoms with van der Waals surface area (Å²) >= 11 is 0. The molecule has 138 valence electrons. The van der Waals surface area contributed by atoms with Crippen LogP contribution in [0.5, 0.6) is 0 Å². The van der Waals surface area contributed by atoms with Crippen LogP contribution in [-0.2, 0) is 14.8 Å². The van der Waals surface area contributed by atoms with Crippen LogP contribution in [0.4, 0.5) is 5.69 Å². The first-order valence-electron chi connectivity index (χ1n) is 9.16. The van der Waals surface area contributed by atoms with Crippen LogP contribution in [0.3, 0.4) is 0 Å². The van der Waals surface area contributed by atoms with E-state index in [1.807, 2.05) is 6.07 Å². The zero-order chi connectivity index (χ0) is 17.5. The van der Waals surface area contributed by atoms with E-state index in [-0.39, 0.29) is 17.7 Å². The minimum atomic E-state index is -3.51. The zero-order valence-corrected chi connectivity index (χ0v) is 15.2. The van der Waals surface area contributed by atoms with E-state index in [0.717, 1.165) is 24.9 Å². The first kappa shape index (κ1) is 17.3. The van der Waals surface area contributed by atoms with Gasteiger partial charge in [-0.15, -0.1) is 0 Å². The van der Waals surface area contributed by atoms with Gasteiger partial charge in [-0.1, -0.05) is 6.07 Å². The van der Waals surface area contributed by atoms with Crippen molar-refractivity contribution in [2.75, 3.05) is 25.0 Å². The Balaban J connectivity index is 1.45. The van der Waals surface area contributed by atoms with Crippen LogP contribution in [0.2, 0.25) is 0 Å². The first-order valence-corrected chi connectivity index (χ1v) is 10.6. The molecule has 1 aromatic carbocycles. The Morgan fingerprint density at radius 1 is 1.24 bits per heavy atom. The van der Waals surface area contributed by atoms with Crippen molar-refractivity contribution < 1.29 is 18.3 Å². The van der Waals surface area contributed by atoms with Crippen molar-refractivity contribution in [3.05, 3.63) is 24.3 Å². The van der Waals surface area contributed by atoms with Crippen molar-refractivity contribution in [3.63, 3.8) is 0 Å². The molecule has 1 spiro atoms. The van der Waals surface area contributed by atoms with E-state index in [1.165, 1.54) is 10.7 Å². The second-order valence-corrected chi connectivity index (χ2v) is 9.49. The van der Waals surface area contributed by atoms with Crippen LogP contribution < -0.4 is 5.32 Å². The lowest BCUT2D eigenvalue weighted by Gasteiger charge is -2.37. The van der Waals surface area contributed by atoms with Crippen molar-refractivity contribution in [2.45, 2.75) is 61.2 Å². The highest BCUT2D eigenvalue weighted by atomic mass is 32.2. The fourth-order valence-corrected chi connectivity index (χ4v) is 5.59. The number of nitrogens with one attached hydrogen (secondary N) is 1. The highest BCUT2D eigenvalue weighted by Gasteiger charge is 2.45. The molecule has 1 aliphatic carbocycles. The molecule has 25 heavy (non-hydrogen) atoms. The molecule has 2 saturated heterocycles. The van der Waals surface area contributed by atoms with Gasteiger partial charge in [0.15, 0.2) is 0 Å². The number of aliphatic hydroxyl groups is 1. The normalized spacial score (nSPS) is 27.3. The average molecular weight is 366 g/mol. The number of piperidine rings is 1. The number of nitrogens with zero attached hydrogens (tertiary/aromatic N) is 1. The number of hydrogen-bond donors (Lipinski definition) is 2. The Labute approximate surface area is 149 Å². The fraction of sp³-hybridized carbons (Fsp3) is 0.667. The number of hydrogen-bond acceptors (Lipinski definition) is 5. The second kappa shape index (κ2) is 6.54. The van der Waals surface area contributed by atoms with Gasteiger partial charge in [0.1, 0.15) is 0 Å². The third kappa shape index (κ3) is 3.43. The summed E-state index contributed by atoms with van der Waals surface area (Å²) in [5.41, 5.74) is 0.902. The maximum atomic E-state index is 12.8. The van der Waals surface area contributed by atoms with Gasteiger partial charge >= 0.3 is 0 Å². The third-order valence-corrected chi connectivity index (χ3v) is 7.63. The summed E-state index contributed by atoms with van der Waals surface area (Å²) in [6, 6.07) is 7.28. The van der Waals surface area contributed by atoms with E-state index in [4.69, 9.17) is 4.74 Å². The molecule has 3 aliphatic rings. The predicted octanol–water partition coefficient (Wildman–Crippen LogP) is 1.96. The highest BCUT2D eigenvalue weighted by Crippen LogP contribution is 2.43. The fourth-order valence-electron chi connectivity index (χ4n) is 4.07. The summed E-state index contributed by atoms with van der Waals surface area (Å²) in [4.78, 5) is 0.311. The molecule has 0 aromatic heterocycles. The summed E-state index contributed by atoms with van der Waals surface area (Å²) in [7, 11) is -3.51. The van der Waals surface area contributed by atoms with Gasteiger partial charge in [-0.05, 0) is 56.7 Å². The molecule has 2 heterocycles. The topological polar surface area (TPSA) is 78.9 Å². The Hall–Kier alpha value is -1.15. The quantitative estimate of drug-likeness (QED) is 0.852. The molecule has 2 N–H and O–H groups in total. The minimum absolute atomic E-state index is 0.0794. The van der Waals surface area contributed by atoms with Gasteiger partial charge in [-0.2, -0.15) is 4.31 Å². The molecule has 0 radical (unpaired) electrons. The van der Waals surface area contributed by atoms with Crippen LogP contribution in [0.15, 0.2) is 29.2 Å². The molecule has 1 unspecified atom stereocenters. The Kier molecular flexibility index (Phi) is 4.52. The number of anilines is 1. The largest absolute Gasteiger partial charge is 0.393 e. The molecule has 0 amide bonds. The Bertz CT molecular complexity index is 724. The number of aliphatic hydroxyl groups excluding tert-OH is 1. The molecule has 1 aromatic rings. The lowest BCUT2D eigenvalue weighted by molar-refractivity contribution is -0.0562. The summed E-state index contributed by atoms with van der Waals surface area (Å²) in [6.45, 7) is 1.43. The summed E-state index contributed by atoms with van der Waals surface area (Å²) < 4.78 is 33.1. The summed E-state index contributed by atoms with van der Waals surface area (Å²) in [6.07, 6.45) is 5.12. The van der Waals surface area contributed by atoms with Crippen LogP contribution in [0.1, 0.15) is 38.5 Å². The van der Waals surface area contributed by atoms with Gasteiger partial charge in [0, 0.05) is 18.8 Å². The number of rotatable bonds is 4. The molecule has 6 nitrogen and oxygen atoms in total. The SMILES string of the molecule is O=S(=O)(c1cccc(NC2COC3(CCC3)C2)c1)N1CCC(O)CC1. The smallest absolute Gasteiger partial charge is 0.243 e. The standard InChI is InChI=1S/C18H26N2O4S/c21-16-5-9-20(10-6-16)25(22,23)17-4-1-3-14(11-17)19-15-12-18(24-13-15)7-2-8-18/h1,3-4,11,15-16,19,21H,2,5-10,12-13H2. The van der Waals surface area contributed by atoms with E-state index < -0.39 is 10.0 Å². The molecule has 0 bridgehead atoms. The number of benzene rings is 1. The van der Waals surface area contributed by atoms with Gasteiger partial charge in [-0.25, -0.2) is 8.42 Å². The van der Waals surface area contributed by atoms with Crippen molar-refractivity contribution in [1.29, 1.82) is 0 Å².